The van der Waals surface area contributed by atoms with Gasteiger partial charge < -0.3 is 14.9 Å². The molecule has 0 radical (unpaired) electrons. The molecule has 1 unspecified atom stereocenters. The number of aliphatic hydroxyl groups excluding tert-OH is 1. The summed E-state index contributed by atoms with van der Waals surface area (Å²) in [6, 6.07) is 0. The molecule has 1 atom stereocenters. The van der Waals surface area contributed by atoms with Crippen LogP contribution in [0.5, 0.6) is 0 Å². The molecule has 1 N–H and O–H groups in total. The monoisotopic (exact) mass is 254 g/mol. The van der Waals surface area contributed by atoms with Gasteiger partial charge in [-0.1, -0.05) is 6.92 Å². The normalized spacial score (nSPS) is 27.1. The predicted molar refractivity (Wildman–Crippen MR) is 71.2 cm³/mol. The smallest absolute Gasteiger partial charge is 0.223 e. The first kappa shape index (κ1) is 13.8. The number of carbonyl (C=O) groups is 1. The van der Waals surface area contributed by atoms with Crippen molar-refractivity contribution in [1.82, 2.24) is 9.80 Å². The van der Waals surface area contributed by atoms with Gasteiger partial charge in [0.2, 0.25) is 5.91 Å². The van der Waals surface area contributed by atoms with Gasteiger partial charge in [-0.2, -0.15) is 0 Å². The van der Waals surface area contributed by atoms with E-state index in [1.807, 2.05) is 4.90 Å². The van der Waals surface area contributed by atoms with E-state index in [-0.39, 0.29) is 18.4 Å². The maximum Gasteiger partial charge on any atom is 0.223 e. The maximum absolute atomic E-state index is 11.8. The van der Waals surface area contributed by atoms with Crippen LogP contribution >= 0.6 is 0 Å². The van der Waals surface area contributed by atoms with Gasteiger partial charge in [0, 0.05) is 32.0 Å². The highest BCUT2D eigenvalue weighted by molar-refractivity contribution is 5.78. The number of amides is 1. The Bertz CT molecular complexity index is 275. The molecule has 18 heavy (non-hydrogen) atoms. The maximum atomic E-state index is 11.8. The summed E-state index contributed by atoms with van der Waals surface area (Å²) in [6.07, 6.45) is 4.21. The van der Waals surface area contributed by atoms with Crippen LogP contribution in [0.3, 0.4) is 0 Å². The summed E-state index contributed by atoms with van der Waals surface area (Å²) in [6.45, 7) is 7.64. The molecule has 0 spiro atoms. The molecule has 4 nitrogen and oxygen atoms in total. The van der Waals surface area contributed by atoms with Gasteiger partial charge in [-0.25, -0.2) is 0 Å². The number of carbonyl (C=O) groups excluding carboxylic acids is 1. The van der Waals surface area contributed by atoms with E-state index in [1.54, 1.807) is 0 Å². The standard InChI is InChI=1S/C14H26N2O2/c1-2-5-15-6-3-12(4-7-15)9-16-10-13(11-17)8-14(16)18/h12-13,17H,2-11H2,1H3. The molecule has 2 heterocycles. The van der Waals surface area contributed by atoms with Gasteiger partial charge in [0.05, 0.1) is 0 Å². The van der Waals surface area contributed by atoms with Gasteiger partial charge in [0.15, 0.2) is 0 Å². The SMILES string of the molecule is CCCN1CCC(CN2CC(CO)CC2=O)CC1. The summed E-state index contributed by atoms with van der Waals surface area (Å²) < 4.78 is 0. The van der Waals surface area contributed by atoms with Crippen molar-refractivity contribution in [3.63, 3.8) is 0 Å². The fourth-order valence-corrected chi connectivity index (χ4v) is 3.17. The predicted octanol–water partition coefficient (Wildman–Crippen LogP) is 0.949. The Morgan fingerprint density at radius 3 is 2.56 bits per heavy atom. The lowest BCUT2D eigenvalue weighted by molar-refractivity contribution is -0.128. The van der Waals surface area contributed by atoms with E-state index in [0.29, 0.717) is 12.3 Å². The van der Waals surface area contributed by atoms with Crippen LogP contribution in [-0.2, 0) is 4.79 Å². The van der Waals surface area contributed by atoms with Crippen molar-refractivity contribution in [2.45, 2.75) is 32.6 Å². The second-order valence-corrected chi connectivity index (χ2v) is 5.84. The topological polar surface area (TPSA) is 43.8 Å². The first-order chi connectivity index (χ1) is 8.72. The molecule has 2 aliphatic rings. The molecule has 2 saturated heterocycles. The highest BCUT2D eigenvalue weighted by atomic mass is 16.3. The lowest BCUT2D eigenvalue weighted by atomic mass is 9.96. The number of nitrogens with zero attached hydrogens (tertiary/aromatic N) is 2. The summed E-state index contributed by atoms with van der Waals surface area (Å²) in [4.78, 5) is 16.3. The zero-order valence-corrected chi connectivity index (χ0v) is 11.5. The largest absolute Gasteiger partial charge is 0.396 e. The molecule has 4 heteroatoms. The third-order valence-corrected chi connectivity index (χ3v) is 4.28. The van der Waals surface area contributed by atoms with Crippen molar-refractivity contribution in [2.24, 2.45) is 11.8 Å². The lowest BCUT2D eigenvalue weighted by Gasteiger charge is -2.33. The van der Waals surface area contributed by atoms with E-state index >= 15 is 0 Å². The lowest BCUT2D eigenvalue weighted by Crippen LogP contribution is -2.39. The minimum Gasteiger partial charge on any atom is -0.396 e. The van der Waals surface area contributed by atoms with Crippen molar-refractivity contribution in [1.29, 1.82) is 0 Å². The Labute approximate surface area is 110 Å². The number of piperidine rings is 1. The van der Waals surface area contributed by atoms with Crippen LogP contribution in [0.25, 0.3) is 0 Å². The Kier molecular flexibility index (Phi) is 5.01. The summed E-state index contributed by atoms with van der Waals surface area (Å²) in [5, 5.41) is 9.12. The average Bonchev–Trinajstić information content (AvgIpc) is 2.73. The van der Waals surface area contributed by atoms with Crippen molar-refractivity contribution < 1.29 is 9.90 Å². The molecular weight excluding hydrogens is 228 g/mol. The Morgan fingerprint density at radius 1 is 1.28 bits per heavy atom. The highest BCUT2D eigenvalue weighted by Crippen LogP contribution is 2.23. The van der Waals surface area contributed by atoms with Crippen LogP contribution in [0.2, 0.25) is 0 Å². The quantitative estimate of drug-likeness (QED) is 0.794. The molecular formula is C14H26N2O2. The first-order valence-electron chi connectivity index (χ1n) is 7.34. The van der Waals surface area contributed by atoms with E-state index < -0.39 is 0 Å². The molecule has 1 amide bonds. The number of hydrogen-bond donors (Lipinski definition) is 1. The van der Waals surface area contributed by atoms with Crippen molar-refractivity contribution in [2.75, 3.05) is 39.3 Å². The van der Waals surface area contributed by atoms with Gasteiger partial charge in [-0.15, -0.1) is 0 Å². The first-order valence-corrected chi connectivity index (χ1v) is 7.34. The fraction of sp³-hybridized carbons (Fsp3) is 0.929. The number of rotatable bonds is 5. The summed E-state index contributed by atoms with van der Waals surface area (Å²) in [5.41, 5.74) is 0. The summed E-state index contributed by atoms with van der Waals surface area (Å²) in [5.74, 6) is 1.09. The minimum absolute atomic E-state index is 0.150. The third-order valence-electron chi connectivity index (χ3n) is 4.28. The van der Waals surface area contributed by atoms with Crippen molar-refractivity contribution >= 4 is 5.91 Å². The van der Waals surface area contributed by atoms with Gasteiger partial charge >= 0.3 is 0 Å². The minimum atomic E-state index is 0.150. The fourth-order valence-electron chi connectivity index (χ4n) is 3.17. The van der Waals surface area contributed by atoms with Gasteiger partial charge in [-0.3, -0.25) is 4.79 Å². The van der Waals surface area contributed by atoms with Crippen LogP contribution in [0.4, 0.5) is 0 Å². The van der Waals surface area contributed by atoms with E-state index in [4.69, 9.17) is 5.11 Å². The van der Waals surface area contributed by atoms with Crippen LogP contribution in [0.15, 0.2) is 0 Å². The summed E-state index contributed by atoms with van der Waals surface area (Å²) in [7, 11) is 0. The molecule has 104 valence electrons. The van der Waals surface area contributed by atoms with Crippen LogP contribution in [0, 0.1) is 11.8 Å². The Balaban J connectivity index is 1.73. The number of likely N-dealkylation sites (tertiary alicyclic amines) is 2. The highest BCUT2D eigenvalue weighted by Gasteiger charge is 2.31. The Morgan fingerprint density at radius 2 is 2.00 bits per heavy atom. The molecule has 0 aromatic heterocycles. The average molecular weight is 254 g/mol. The molecule has 2 fully saturated rings. The molecule has 2 rings (SSSR count). The van der Waals surface area contributed by atoms with E-state index in [9.17, 15) is 4.79 Å². The number of aliphatic hydroxyl groups is 1. The van der Waals surface area contributed by atoms with Crippen LogP contribution in [0.1, 0.15) is 32.6 Å². The zero-order valence-electron chi connectivity index (χ0n) is 11.5. The molecule has 0 aliphatic carbocycles. The van der Waals surface area contributed by atoms with E-state index in [0.717, 1.165) is 13.1 Å². The van der Waals surface area contributed by atoms with Gasteiger partial charge in [-0.05, 0) is 44.8 Å². The van der Waals surface area contributed by atoms with E-state index in [1.165, 1.54) is 38.9 Å². The molecule has 2 aliphatic heterocycles. The second kappa shape index (κ2) is 6.53. The van der Waals surface area contributed by atoms with Gasteiger partial charge in [0.1, 0.15) is 0 Å². The Hall–Kier alpha value is -0.610. The van der Waals surface area contributed by atoms with Crippen molar-refractivity contribution in [3.8, 4) is 0 Å². The zero-order chi connectivity index (χ0) is 13.0. The van der Waals surface area contributed by atoms with E-state index in [2.05, 4.69) is 11.8 Å². The molecule has 0 bridgehead atoms. The second-order valence-electron chi connectivity index (χ2n) is 5.84. The molecule has 0 saturated carbocycles. The van der Waals surface area contributed by atoms with Crippen LogP contribution in [-0.4, -0.2) is 60.1 Å². The summed E-state index contributed by atoms with van der Waals surface area (Å²) >= 11 is 0. The van der Waals surface area contributed by atoms with Crippen molar-refractivity contribution in [3.05, 3.63) is 0 Å². The van der Waals surface area contributed by atoms with Gasteiger partial charge in [0.25, 0.3) is 0 Å². The number of hydrogen-bond acceptors (Lipinski definition) is 3. The van der Waals surface area contributed by atoms with Crippen LogP contribution < -0.4 is 0 Å². The third kappa shape index (κ3) is 3.45. The molecule has 0 aromatic carbocycles. The molecule has 0 aromatic rings.